The molecule has 5 heteroatoms. The van der Waals surface area contributed by atoms with Crippen molar-refractivity contribution in [1.82, 2.24) is 5.32 Å². The molecule has 0 amide bonds. The van der Waals surface area contributed by atoms with Crippen molar-refractivity contribution in [3.63, 3.8) is 0 Å². The van der Waals surface area contributed by atoms with Crippen molar-refractivity contribution in [2.24, 2.45) is 0 Å². The fourth-order valence-corrected chi connectivity index (χ4v) is 6.16. The topological polar surface area (TPSA) is 49.4 Å². The van der Waals surface area contributed by atoms with E-state index in [2.05, 4.69) is 16.3 Å². The number of sulfone groups is 1. The average Bonchev–Trinajstić information content (AvgIpc) is 2.68. The highest BCUT2D eigenvalue weighted by atomic mass is 32.2. The Balaban J connectivity index is 1.80. The lowest BCUT2D eigenvalue weighted by atomic mass is 10.1. The van der Waals surface area contributed by atoms with E-state index in [0.717, 1.165) is 37.0 Å². The van der Waals surface area contributed by atoms with Gasteiger partial charge in [0.1, 0.15) is 0 Å². The minimum atomic E-state index is -3.29. The predicted molar refractivity (Wildman–Crippen MR) is 103 cm³/mol. The van der Waals surface area contributed by atoms with E-state index in [4.69, 9.17) is 0 Å². The Bertz CT molecular complexity index is 851. The first-order chi connectivity index (χ1) is 12.2. The summed E-state index contributed by atoms with van der Waals surface area (Å²) in [6, 6.07) is 11.9. The van der Waals surface area contributed by atoms with Gasteiger partial charge in [0.15, 0.2) is 9.84 Å². The number of fused-ring (bicyclic) bond motifs is 1. The third kappa shape index (κ3) is 3.15. The lowest BCUT2D eigenvalue weighted by Gasteiger charge is -2.30. The summed E-state index contributed by atoms with van der Waals surface area (Å²) in [6.07, 6.45) is 5.11. The van der Waals surface area contributed by atoms with Gasteiger partial charge in [0.05, 0.1) is 10.1 Å². The molecular formula is C20H26N2O2S. The molecule has 0 bridgehead atoms. The fourth-order valence-electron chi connectivity index (χ4n) is 4.20. The Hall–Kier alpha value is -1.59. The monoisotopic (exact) mass is 358 g/mol. The fraction of sp³-hybridized carbons (Fsp3) is 0.500. The zero-order valence-corrected chi connectivity index (χ0v) is 15.4. The van der Waals surface area contributed by atoms with Crippen LogP contribution in [0.15, 0.2) is 41.3 Å². The normalized spacial score (nSPS) is 20.1. The lowest BCUT2D eigenvalue weighted by molar-refractivity contribution is 0.496. The second kappa shape index (κ2) is 6.96. The first-order valence-electron chi connectivity index (χ1n) is 9.39. The van der Waals surface area contributed by atoms with Gasteiger partial charge in [-0.3, -0.25) is 0 Å². The second-order valence-electron chi connectivity index (χ2n) is 7.17. The van der Waals surface area contributed by atoms with Crippen molar-refractivity contribution in [2.75, 3.05) is 31.1 Å². The van der Waals surface area contributed by atoms with E-state index in [1.54, 1.807) is 0 Å². The quantitative estimate of drug-likeness (QED) is 0.914. The molecule has 0 aromatic heterocycles. The Morgan fingerprint density at radius 2 is 1.56 bits per heavy atom. The zero-order valence-electron chi connectivity index (χ0n) is 14.6. The molecule has 0 aliphatic carbocycles. The molecule has 4 rings (SSSR count). The minimum Gasteiger partial charge on any atom is -0.371 e. The van der Waals surface area contributed by atoms with Gasteiger partial charge < -0.3 is 10.2 Å². The van der Waals surface area contributed by atoms with Crippen molar-refractivity contribution in [3.05, 3.63) is 36.4 Å². The van der Waals surface area contributed by atoms with Gasteiger partial charge in [-0.15, -0.1) is 0 Å². The van der Waals surface area contributed by atoms with E-state index in [-0.39, 0.29) is 5.25 Å². The molecular weight excluding hydrogens is 332 g/mol. The largest absolute Gasteiger partial charge is 0.371 e. The number of hydrogen-bond donors (Lipinski definition) is 1. The molecule has 25 heavy (non-hydrogen) atoms. The Kier molecular flexibility index (Phi) is 4.69. The Morgan fingerprint density at radius 3 is 2.28 bits per heavy atom. The molecule has 2 heterocycles. The van der Waals surface area contributed by atoms with Crippen LogP contribution in [-0.2, 0) is 9.84 Å². The number of nitrogens with one attached hydrogen (secondary N) is 1. The third-order valence-electron chi connectivity index (χ3n) is 5.59. The summed E-state index contributed by atoms with van der Waals surface area (Å²) in [5, 5.41) is 4.94. The first-order valence-corrected chi connectivity index (χ1v) is 10.9. The van der Waals surface area contributed by atoms with Crippen LogP contribution < -0.4 is 10.2 Å². The summed E-state index contributed by atoms with van der Waals surface area (Å²) in [6.45, 7) is 3.69. The van der Waals surface area contributed by atoms with E-state index in [1.165, 1.54) is 24.9 Å². The predicted octanol–water partition coefficient (Wildman–Crippen LogP) is 3.36. The van der Waals surface area contributed by atoms with Gasteiger partial charge >= 0.3 is 0 Å². The van der Waals surface area contributed by atoms with E-state index < -0.39 is 9.84 Å². The standard InChI is InChI=1S/C20H26N2O2S/c23-25(24,16-10-12-21-13-11-16)20-9-8-19(22-14-4-1-5-15-22)17-6-2-3-7-18(17)20/h2-3,6-9,16,21H,1,4-5,10-15H2. The van der Waals surface area contributed by atoms with Gasteiger partial charge in [0.2, 0.25) is 0 Å². The summed E-state index contributed by atoms with van der Waals surface area (Å²) in [7, 11) is -3.29. The molecule has 0 unspecified atom stereocenters. The van der Waals surface area contributed by atoms with Gasteiger partial charge in [0.25, 0.3) is 0 Å². The van der Waals surface area contributed by atoms with Crippen molar-refractivity contribution in [3.8, 4) is 0 Å². The molecule has 2 saturated heterocycles. The van der Waals surface area contributed by atoms with Gasteiger partial charge in [-0.1, -0.05) is 24.3 Å². The van der Waals surface area contributed by atoms with Crippen LogP contribution >= 0.6 is 0 Å². The van der Waals surface area contributed by atoms with Gasteiger partial charge in [-0.25, -0.2) is 8.42 Å². The van der Waals surface area contributed by atoms with Crippen molar-refractivity contribution >= 4 is 26.3 Å². The molecule has 0 spiro atoms. The molecule has 1 N–H and O–H groups in total. The number of rotatable bonds is 3. The minimum absolute atomic E-state index is 0.266. The Morgan fingerprint density at radius 1 is 0.880 bits per heavy atom. The van der Waals surface area contributed by atoms with Crippen molar-refractivity contribution < 1.29 is 8.42 Å². The number of anilines is 1. The van der Waals surface area contributed by atoms with E-state index in [1.807, 2.05) is 30.3 Å². The second-order valence-corrected chi connectivity index (χ2v) is 9.37. The highest BCUT2D eigenvalue weighted by molar-refractivity contribution is 7.92. The average molecular weight is 359 g/mol. The van der Waals surface area contributed by atoms with Crippen molar-refractivity contribution in [2.45, 2.75) is 42.2 Å². The summed E-state index contributed by atoms with van der Waals surface area (Å²) in [4.78, 5) is 2.92. The van der Waals surface area contributed by atoms with Crippen LogP contribution in [0.25, 0.3) is 10.8 Å². The highest BCUT2D eigenvalue weighted by Gasteiger charge is 2.30. The van der Waals surface area contributed by atoms with E-state index >= 15 is 0 Å². The van der Waals surface area contributed by atoms with Crippen LogP contribution in [0.4, 0.5) is 5.69 Å². The number of hydrogen-bond acceptors (Lipinski definition) is 4. The highest BCUT2D eigenvalue weighted by Crippen LogP contribution is 2.35. The molecule has 2 aromatic rings. The maximum Gasteiger partial charge on any atom is 0.181 e. The molecule has 2 aliphatic rings. The van der Waals surface area contributed by atoms with E-state index in [9.17, 15) is 8.42 Å². The van der Waals surface area contributed by atoms with Gasteiger partial charge in [-0.05, 0) is 57.3 Å². The third-order valence-corrected chi connectivity index (χ3v) is 7.91. The maximum atomic E-state index is 13.2. The number of piperidine rings is 2. The van der Waals surface area contributed by atoms with Gasteiger partial charge in [-0.2, -0.15) is 0 Å². The van der Waals surface area contributed by atoms with Crippen LogP contribution in [0, 0.1) is 0 Å². The molecule has 0 radical (unpaired) electrons. The maximum absolute atomic E-state index is 13.2. The number of nitrogens with zero attached hydrogens (tertiary/aromatic N) is 1. The van der Waals surface area contributed by atoms with Crippen LogP contribution in [0.1, 0.15) is 32.1 Å². The summed E-state index contributed by atoms with van der Waals surface area (Å²) >= 11 is 0. The molecule has 0 saturated carbocycles. The summed E-state index contributed by atoms with van der Waals surface area (Å²) < 4.78 is 26.5. The first kappa shape index (κ1) is 16.9. The number of benzene rings is 2. The van der Waals surface area contributed by atoms with Crippen LogP contribution in [-0.4, -0.2) is 39.8 Å². The molecule has 2 fully saturated rings. The summed E-state index contributed by atoms with van der Waals surface area (Å²) in [5.74, 6) is 0. The molecule has 134 valence electrons. The molecule has 0 atom stereocenters. The molecule has 2 aromatic carbocycles. The Labute approximate surface area is 150 Å². The van der Waals surface area contributed by atoms with Gasteiger partial charge in [0, 0.05) is 29.5 Å². The van der Waals surface area contributed by atoms with E-state index in [0.29, 0.717) is 17.7 Å². The molecule has 4 nitrogen and oxygen atoms in total. The molecule has 2 aliphatic heterocycles. The lowest BCUT2D eigenvalue weighted by Crippen LogP contribution is -2.36. The van der Waals surface area contributed by atoms with Crippen LogP contribution in [0.2, 0.25) is 0 Å². The summed E-state index contributed by atoms with van der Waals surface area (Å²) in [5.41, 5.74) is 1.18. The smallest absolute Gasteiger partial charge is 0.181 e. The zero-order chi connectivity index (χ0) is 17.3. The SMILES string of the molecule is O=S(=O)(c1ccc(N2CCCCC2)c2ccccc12)C1CCNCC1. The van der Waals surface area contributed by atoms with Crippen LogP contribution in [0.3, 0.4) is 0 Å². The van der Waals surface area contributed by atoms with Crippen molar-refractivity contribution in [1.29, 1.82) is 0 Å². The van der Waals surface area contributed by atoms with Crippen LogP contribution in [0.5, 0.6) is 0 Å².